The Balaban J connectivity index is 1.77. The van der Waals surface area contributed by atoms with Gasteiger partial charge in [-0.1, -0.05) is 29.8 Å². The average molecular weight is 411 g/mol. The zero-order valence-corrected chi connectivity index (χ0v) is 16.1. The van der Waals surface area contributed by atoms with Crippen molar-refractivity contribution >= 4 is 47.0 Å². The Hall–Kier alpha value is -3.29. The number of hydrazone groups is 1. The highest BCUT2D eigenvalue weighted by molar-refractivity contribution is 7.10. The molecule has 0 aliphatic carbocycles. The van der Waals surface area contributed by atoms with Gasteiger partial charge in [-0.2, -0.15) is 5.10 Å². The third-order valence-corrected chi connectivity index (χ3v) is 4.68. The molecule has 1 aromatic carbocycles. The number of rotatable bonds is 6. The third-order valence-electron chi connectivity index (χ3n) is 3.53. The lowest BCUT2D eigenvalue weighted by Crippen LogP contribution is -2.32. The number of aromatic nitrogens is 1. The largest absolute Gasteiger partial charge is 0.317 e. The fraction of sp³-hybridized carbons (Fsp3) is 0. The smallest absolute Gasteiger partial charge is 0.287 e. The number of amides is 2. The summed E-state index contributed by atoms with van der Waals surface area (Å²) in [7, 11) is 0. The van der Waals surface area contributed by atoms with Crippen LogP contribution in [-0.2, 0) is 4.79 Å². The van der Waals surface area contributed by atoms with E-state index in [0.29, 0.717) is 5.02 Å². The minimum absolute atomic E-state index is 0.0549. The highest BCUT2D eigenvalue weighted by Gasteiger charge is 2.16. The number of hydrogen-bond acceptors (Lipinski definition) is 5. The minimum atomic E-state index is -0.556. The zero-order valence-electron chi connectivity index (χ0n) is 14.5. The van der Waals surface area contributed by atoms with Gasteiger partial charge in [0.1, 0.15) is 5.70 Å². The molecular formula is C20H15ClN4O2S. The van der Waals surface area contributed by atoms with Crippen LogP contribution in [0.5, 0.6) is 0 Å². The second kappa shape index (κ2) is 9.59. The van der Waals surface area contributed by atoms with E-state index in [4.69, 9.17) is 11.6 Å². The first-order valence-corrected chi connectivity index (χ1v) is 9.44. The summed E-state index contributed by atoms with van der Waals surface area (Å²) in [5.41, 5.74) is 3.52. The van der Waals surface area contributed by atoms with Gasteiger partial charge in [0.15, 0.2) is 0 Å². The highest BCUT2D eigenvalue weighted by Crippen LogP contribution is 2.16. The number of nitrogens with zero attached hydrogens (tertiary/aromatic N) is 2. The number of benzene rings is 1. The predicted molar refractivity (Wildman–Crippen MR) is 111 cm³/mol. The molecule has 0 saturated heterocycles. The number of thiophene rings is 1. The number of halogens is 1. The van der Waals surface area contributed by atoms with Gasteiger partial charge in [0, 0.05) is 17.3 Å². The van der Waals surface area contributed by atoms with Gasteiger partial charge >= 0.3 is 0 Å². The lowest BCUT2D eigenvalue weighted by molar-refractivity contribution is -0.117. The lowest BCUT2D eigenvalue weighted by atomic mass is 10.2. The maximum Gasteiger partial charge on any atom is 0.287 e. The number of nitrogens with one attached hydrogen (secondary N) is 2. The van der Waals surface area contributed by atoms with Crippen LogP contribution < -0.4 is 10.7 Å². The quantitative estimate of drug-likeness (QED) is 0.369. The first kappa shape index (κ1) is 19.5. The molecule has 0 aliphatic rings. The van der Waals surface area contributed by atoms with Gasteiger partial charge in [-0.3, -0.25) is 14.6 Å². The van der Waals surface area contributed by atoms with E-state index < -0.39 is 11.8 Å². The topological polar surface area (TPSA) is 83.4 Å². The fourth-order valence-corrected chi connectivity index (χ4v) is 3.06. The molecule has 2 heterocycles. The van der Waals surface area contributed by atoms with E-state index in [0.717, 1.165) is 10.4 Å². The molecule has 0 bridgehead atoms. The molecule has 140 valence electrons. The van der Waals surface area contributed by atoms with E-state index in [1.807, 2.05) is 17.5 Å². The predicted octanol–water partition coefficient (Wildman–Crippen LogP) is 3.72. The standard InChI is InChI=1S/C20H15ClN4O2S/c21-17-6-2-1-5-16(17)19(26)24-18(12-15-4-3-11-28-15)20(27)25-23-13-14-7-9-22-10-8-14/h1-13H,(H,24,26)(H,25,27)/b18-12+,23-13?. The number of pyridine rings is 1. The molecule has 3 aromatic rings. The monoisotopic (exact) mass is 410 g/mol. The number of hydrogen-bond donors (Lipinski definition) is 2. The zero-order chi connectivity index (χ0) is 19.8. The van der Waals surface area contributed by atoms with Crippen LogP contribution in [-0.4, -0.2) is 23.0 Å². The summed E-state index contributed by atoms with van der Waals surface area (Å²) in [5, 5.41) is 8.70. The van der Waals surface area contributed by atoms with E-state index >= 15 is 0 Å². The number of carbonyl (C=O) groups excluding carboxylic acids is 2. The molecule has 0 spiro atoms. The van der Waals surface area contributed by atoms with Crippen LogP contribution >= 0.6 is 22.9 Å². The highest BCUT2D eigenvalue weighted by atomic mass is 35.5. The summed E-state index contributed by atoms with van der Waals surface area (Å²) in [6.07, 6.45) is 6.30. The van der Waals surface area contributed by atoms with E-state index in [1.165, 1.54) is 17.6 Å². The minimum Gasteiger partial charge on any atom is -0.317 e. The maximum atomic E-state index is 12.6. The summed E-state index contributed by atoms with van der Waals surface area (Å²) in [5.74, 6) is -1.04. The number of carbonyl (C=O) groups is 2. The van der Waals surface area contributed by atoms with Gasteiger partial charge in [0.05, 0.1) is 16.8 Å². The van der Waals surface area contributed by atoms with E-state index in [-0.39, 0.29) is 11.3 Å². The van der Waals surface area contributed by atoms with Crippen molar-refractivity contribution in [3.63, 3.8) is 0 Å². The Kier molecular flexibility index (Phi) is 6.67. The SMILES string of the molecule is O=C(NN=Cc1ccncc1)/C(=C\c1cccs1)NC(=O)c1ccccc1Cl. The van der Waals surface area contributed by atoms with Gasteiger partial charge in [0.25, 0.3) is 11.8 Å². The molecule has 0 fully saturated rings. The first-order valence-electron chi connectivity index (χ1n) is 8.18. The fourth-order valence-electron chi connectivity index (χ4n) is 2.18. The summed E-state index contributed by atoms with van der Waals surface area (Å²) in [6, 6.07) is 13.8. The summed E-state index contributed by atoms with van der Waals surface area (Å²) < 4.78 is 0. The Morgan fingerprint density at radius 2 is 1.86 bits per heavy atom. The molecule has 0 unspecified atom stereocenters. The van der Waals surface area contributed by atoms with Crippen molar-refractivity contribution in [2.75, 3.05) is 0 Å². The Bertz CT molecular complexity index is 1020. The van der Waals surface area contributed by atoms with Crippen molar-refractivity contribution in [2.24, 2.45) is 5.10 Å². The molecule has 3 rings (SSSR count). The molecule has 2 N–H and O–H groups in total. The average Bonchev–Trinajstić information content (AvgIpc) is 3.21. The van der Waals surface area contributed by atoms with Crippen LogP contribution in [0.1, 0.15) is 20.8 Å². The van der Waals surface area contributed by atoms with Crippen molar-refractivity contribution in [1.29, 1.82) is 0 Å². The normalized spacial score (nSPS) is 11.4. The molecule has 2 aromatic heterocycles. The van der Waals surface area contributed by atoms with E-state index in [2.05, 4.69) is 20.8 Å². The van der Waals surface area contributed by atoms with Gasteiger partial charge in [0.2, 0.25) is 0 Å². The van der Waals surface area contributed by atoms with Gasteiger partial charge in [-0.15, -0.1) is 11.3 Å². The van der Waals surface area contributed by atoms with Crippen LogP contribution in [0.2, 0.25) is 5.02 Å². The summed E-state index contributed by atoms with van der Waals surface area (Å²) >= 11 is 7.51. The van der Waals surface area contributed by atoms with E-state index in [1.54, 1.807) is 54.9 Å². The lowest BCUT2D eigenvalue weighted by Gasteiger charge is -2.09. The van der Waals surface area contributed by atoms with Crippen molar-refractivity contribution in [3.05, 3.63) is 93.0 Å². The van der Waals surface area contributed by atoms with Crippen molar-refractivity contribution in [2.45, 2.75) is 0 Å². The van der Waals surface area contributed by atoms with Crippen LogP contribution in [0.15, 0.2) is 77.1 Å². The Morgan fingerprint density at radius 3 is 2.57 bits per heavy atom. The molecule has 6 nitrogen and oxygen atoms in total. The maximum absolute atomic E-state index is 12.6. The third kappa shape index (κ3) is 5.35. The van der Waals surface area contributed by atoms with Crippen molar-refractivity contribution < 1.29 is 9.59 Å². The van der Waals surface area contributed by atoms with E-state index in [9.17, 15) is 9.59 Å². The molecule has 0 atom stereocenters. The molecule has 0 aliphatic heterocycles. The summed E-state index contributed by atoms with van der Waals surface area (Å²) in [6.45, 7) is 0. The van der Waals surface area contributed by atoms with Crippen molar-refractivity contribution in [3.8, 4) is 0 Å². The van der Waals surface area contributed by atoms with Gasteiger partial charge in [-0.25, -0.2) is 5.43 Å². The van der Waals surface area contributed by atoms with Crippen LogP contribution in [0.3, 0.4) is 0 Å². The Morgan fingerprint density at radius 1 is 1.07 bits per heavy atom. The van der Waals surface area contributed by atoms with Crippen molar-refractivity contribution in [1.82, 2.24) is 15.7 Å². The van der Waals surface area contributed by atoms with Crippen LogP contribution in [0.25, 0.3) is 6.08 Å². The van der Waals surface area contributed by atoms with Gasteiger partial charge in [-0.05, 0) is 47.4 Å². The molecular weight excluding hydrogens is 396 g/mol. The summed E-state index contributed by atoms with van der Waals surface area (Å²) in [4.78, 5) is 29.8. The molecule has 2 amide bonds. The molecule has 0 radical (unpaired) electrons. The molecule has 0 saturated carbocycles. The molecule has 28 heavy (non-hydrogen) atoms. The molecule has 8 heteroatoms. The second-order valence-electron chi connectivity index (χ2n) is 5.49. The first-order chi connectivity index (χ1) is 13.6. The Labute approximate surface area is 170 Å². The van der Waals surface area contributed by atoms with Crippen LogP contribution in [0.4, 0.5) is 0 Å². The van der Waals surface area contributed by atoms with Gasteiger partial charge < -0.3 is 5.32 Å². The second-order valence-corrected chi connectivity index (χ2v) is 6.87. The van der Waals surface area contributed by atoms with Crippen LogP contribution in [0, 0.1) is 0 Å².